The molecule has 2 saturated heterocycles. The normalized spacial score (nSPS) is 33.3. The van der Waals surface area contributed by atoms with Crippen molar-refractivity contribution in [3.05, 3.63) is 0 Å². The van der Waals surface area contributed by atoms with E-state index in [0.29, 0.717) is 25.1 Å². The Kier molecular flexibility index (Phi) is 5.70. The molecule has 2 rings (SSSR count). The molecule has 3 atom stereocenters. The van der Waals surface area contributed by atoms with Gasteiger partial charge >= 0.3 is 0 Å². The highest BCUT2D eigenvalue weighted by Crippen LogP contribution is 2.26. The van der Waals surface area contributed by atoms with Crippen molar-refractivity contribution in [2.24, 2.45) is 17.6 Å². The fourth-order valence-corrected chi connectivity index (χ4v) is 2.79. The average molecular weight is 263 g/mol. The van der Waals surface area contributed by atoms with Crippen LogP contribution in [0.2, 0.25) is 0 Å². The summed E-state index contributed by atoms with van der Waals surface area (Å²) in [7, 11) is 0. The lowest BCUT2D eigenvalue weighted by Crippen LogP contribution is -2.41. The second kappa shape index (κ2) is 6.57. The van der Waals surface area contributed by atoms with E-state index >= 15 is 0 Å². The van der Waals surface area contributed by atoms with Gasteiger partial charge in [0.15, 0.2) is 0 Å². The first-order valence-corrected chi connectivity index (χ1v) is 6.30. The maximum Gasteiger partial charge on any atom is 0.228 e. The number of carbonyl (C=O) groups is 1. The number of amides is 1. The Morgan fingerprint density at radius 3 is 2.82 bits per heavy atom. The zero-order chi connectivity index (χ0) is 11.5. The first-order chi connectivity index (χ1) is 7.72. The van der Waals surface area contributed by atoms with Gasteiger partial charge in [-0.1, -0.05) is 0 Å². The first-order valence-electron chi connectivity index (χ1n) is 6.30. The van der Waals surface area contributed by atoms with Crippen LogP contribution in [0.25, 0.3) is 0 Å². The van der Waals surface area contributed by atoms with Crippen molar-refractivity contribution in [3.8, 4) is 0 Å². The third-order valence-corrected chi connectivity index (χ3v) is 3.79. The van der Waals surface area contributed by atoms with Crippen molar-refractivity contribution in [2.75, 3.05) is 26.3 Å². The van der Waals surface area contributed by atoms with Crippen LogP contribution in [0.5, 0.6) is 0 Å². The zero-order valence-corrected chi connectivity index (χ0v) is 11.2. The molecule has 0 spiro atoms. The summed E-state index contributed by atoms with van der Waals surface area (Å²) in [5.41, 5.74) is 5.67. The fraction of sp³-hybridized carbons (Fsp3) is 0.917. The summed E-state index contributed by atoms with van der Waals surface area (Å²) in [5.74, 6) is 0.860. The van der Waals surface area contributed by atoms with Crippen molar-refractivity contribution >= 4 is 18.3 Å². The number of carbonyl (C=O) groups excluding carboxylic acids is 1. The Hall–Kier alpha value is -0.320. The van der Waals surface area contributed by atoms with Gasteiger partial charge in [0.05, 0.1) is 12.5 Å². The minimum atomic E-state index is 0. The maximum atomic E-state index is 12.3. The summed E-state index contributed by atoms with van der Waals surface area (Å²) < 4.78 is 5.38. The number of nitrogens with two attached hydrogens (primary N) is 1. The molecule has 0 aliphatic carbocycles. The molecule has 3 unspecified atom stereocenters. The second-order valence-electron chi connectivity index (χ2n) is 5.09. The fourth-order valence-electron chi connectivity index (χ4n) is 2.79. The van der Waals surface area contributed by atoms with Crippen LogP contribution in [0.3, 0.4) is 0 Å². The Morgan fingerprint density at radius 2 is 2.29 bits per heavy atom. The molecule has 4 nitrogen and oxygen atoms in total. The lowest BCUT2D eigenvalue weighted by molar-refractivity contribution is -0.140. The van der Waals surface area contributed by atoms with Gasteiger partial charge in [0, 0.05) is 19.2 Å². The van der Waals surface area contributed by atoms with E-state index in [-0.39, 0.29) is 24.2 Å². The van der Waals surface area contributed by atoms with Crippen molar-refractivity contribution in [2.45, 2.75) is 32.2 Å². The number of nitrogens with zero attached hydrogens (tertiary/aromatic N) is 1. The molecule has 1 amide bonds. The molecule has 2 fully saturated rings. The molecule has 17 heavy (non-hydrogen) atoms. The lowest BCUT2D eigenvalue weighted by Gasteiger charge is -2.29. The molecule has 100 valence electrons. The number of halogens is 1. The van der Waals surface area contributed by atoms with Gasteiger partial charge in [-0.25, -0.2) is 0 Å². The van der Waals surface area contributed by atoms with Crippen LogP contribution in [-0.4, -0.2) is 43.2 Å². The molecular weight excluding hydrogens is 240 g/mol. The summed E-state index contributed by atoms with van der Waals surface area (Å²) in [6.45, 7) is 5.07. The summed E-state index contributed by atoms with van der Waals surface area (Å²) in [5, 5.41) is 0. The molecule has 0 aromatic heterocycles. The molecule has 0 aromatic rings. The Bertz CT molecular complexity index is 257. The van der Waals surface area contributed by atoms with Crippen LogP contribution in [0.1, 0.15) is 26.2 Å². The van der Waals surface area contributed by atoms with Gasteiger partial charge in [0.1, 0.15) is 0 Å². The van der Waals surface area contributed by atoms with Crippen molar-refractivity contribution in [1.82, 2.24) is 4.90 Å². The van der Waals surface area contributed by atoms with Gasteiger partial charge in [-0.3, -0.25) is 4.79 Å². The van der Waals surface area contributed by atoms with Gasteiger partial charge in [-0.15, -0.1) is 12.4 Å². The lowest BCUT2D eigenvalue weighted by atomic mass is 10.0. The van der Waals surface area contributed by atoms with Crippen LogP contribution < -0.4 is 5.73 Å². The van der Waals surface area contributed by atoms with Gasteiger partial charge < -0.3 is 15.4 Å². The average Bonchev–Trinajstić information content (AvgIpc) is 2.71. The van der Waals surface area contributed by atoms with E-state index < -0.39 is 0 Å². The van der Waals surface area contributed by atoms with Gasteiger partial charge in [-0.2, -0.15) is 0 Å². The molecule has 0 aromatic carbocycles. The highest BCUT2D eigenvalue weighted by molar-refractivity contribution is 5.85. The summed E-state index contributed by atoms with van der Waals surface area (Å²) in [4.78, 5) is 14.3. The van der Waals surface area contributed by atoms with Crippen LogP contribution in [-0.2, 0) is 9.53 Å². The summed E-state index contributed by atoms with van der Waals surface area (Å²) in [6, 6.07) is 0.350. The van der Waals surface area contributed by atoms with Gasteiger partial charge in [0.25, 0.3) is 0 Å². The molecule has 2 N–H and O–H groups in total. The quantitative estimate of drug-likeness (QED) is 0.809. The largest absolute Gasteiger partial charge is 0.381 e. The Morgan fingerprint density at radius 1 is 1.53 bits per heavy atom. The third kappa shape index (κ3) is 3.33. The molecule has 5 heteroatoms. The number of ether oxygens (including phenoxy) is 1. The van der Waals surface area contributed by atoms with Crippen molar-refractivity contribution in [3.63, 3.8) is 0 Å². The van der Waals surface area contributed by atoms with E-state index in [2.05, 4.69) is 6.92 Å². The highest BCUT2D eigenvalue weighted by Gasteiger charge is 2.35. The number of rotatable bonds is 2. The predicted molar refractivity (Wildman–Crippen MR) is 69.1 cm³/mol. The van der Waals surface area contributed by atoms with Crippen molar-refractivity contribution in [1.29, 1.82) is 0 Å². The van der Waals surface area contributed by atoms with Crippen LogP contribution >= 0.6 is 12.4 Å². The van der Waals surface area contributed by atoms with E-state index in [1.165, 1.54) is 0 Å². The molecule has 0 radical (unpaired) electrons. The third-order valence-electron chi connectivity index (χ3n) is 3.79. The van der Waals surface area contributed by atoms with Crippen LogP contribution in [0.15, 0.2) is 0 Å². The predicted octanol–water partition coefficient (Wildman–Crippen LogP) is 1.03. The number of hydrogen-bond acceptors (Lipinski definition) is 3. The zero-order valence-electron chi connectivity index (χ0n) is 10.4. The van der Waals surface area contributed by atoms with Gasteiger partial charge in [-0.05, 0) is 38.6 Å². The minimum absolute atomic E-state index is 0. The maximum absolute atomic E-state index is 12.3. The number of likely N-dealkylation sites (tertiary alicyclic amines) is 1. The smallest absolute Gasteiger partial charge is 0.228 e. The monoisotopic (exact) mass is 262 g/mol. The topological polar surface area (TPSA) is 55.6 Å². The second-order valence-corrected chi connectivity index (χ2v) is 5.09. The Labute approximate surface area is 109 Å². The summed E-state index contributed by atoms with van der Waals surface area (Å²) in [6.07, 6.45) is 3.05. The SMILES string of the molecule is CC1CC(CN)CN1C(=O)C1CCCOC1.Cl. The first kappa shape index (κ1) is 14.7. The van der Waals surface area contributed by atoms with Crippen LogP contribution in [0.4, 0.5) is 0 Å². The van der Waals surface area contributed by atoms with E-state index in [9.17, 15) is 4.79 Å². The molecule has 2 heterocycles. The van der Waals surface area contributed by atoms with E-state index in [1.54, 1.807) is 0 Å². The molecule has 2 aliphatic rings. The summed E-state index contributed by atoms with van der Waals surface area (Å²) >= 11 is 0. The number of hydrogen-bond donors (Lipinski definition) is 1. The molecular formula is C12H23ClN2O2. The molecule has 2 aliphatic heterocycles. The van der Waals surface area contributed by atoms with Gasteiger partial charge in [0.2, 0.25) is 5.91 Å². The molecule has 0 saturated carbocycles. The minimum Gasteiger partial charge on any atom is -0.381 e. The van der Waals surface area contributed by atoms with Crippen LogP contribution in [0, 0.1) is 11.8 Å². The Balaban J connectivity index is 0.00000144. The highest BCUT2D eigenvalue weighted by atomic mass is 35.5. The standard InChI is InChI=1S/C12H22N2O2.ClH/c1-9-5-10(6-13)7-14(9)12(15)11-3-2-4-16-8-11;/h9-11H,2-8,13H2,1H3;1H. The van der Waals surface area contributed by atoms with Crippen molar-refractivity contribution < 1.29 is 9.53 Å². The van der Waals surface area contributed by atoms with E-state index in [4.69, 9.17) is 10.5 Å². The molecule has 0 bridgehead atoms. The van der Waals surface area contributed by atoms with E-state index in [1.807, 2.05) is 4.90 Å². The van der Waals surface area contributed by atoms with E-state index in [0.717, 1.165) is 32.4 Å².